The summed E-state index contributed by atoms with van der Waals surface area (Å²) in [7, 11) is 0. The Hall–Kier alpha value is -7.23. The van der Waals surface area contributed by atoms with Crippen molar-refractivity contribution in [3.05, 3.63) is 183 Å². The van der Waals surface area contributed by atoms with Gasteiger partial charge in [-0.2, -0.15) is 132 Å². The van der Waals surface area contributed by atoms with Crippen LogP contribution in [-0.4, -0.2) is 23.5 Å². The number of nitrogens with zero attached hydrogens (tertiary/aromatic N) is 1. The van der Waals surface area contributed by atoms with Gasteiger partial charge in [-0.1, -0.05) is 78.9 Å². The Morgan fingerprint density at radius 2 is 0.633 bits per heavy atom. The summed E-state index contributed by atoms with van der Waals surface area (Å²) in [5.74, 6) is -0.490. The molecule has 5 aromatic carbocycles. The molecular formula is C50H32BF24NO3. The second kappa shape index (κ2) is 21.4. The topological polar surface area (TPSA) is 47.2 Å². The number of hydrogen-bond donors (Lipinski definition) is 0. The molecule has 0 aliphatic carbocycles. The summed E-state index contributed by atoms with van der Waals surface area (Å²) in [5, 5.41) is 0. The molecule has 4 nitrogen and oxygen atoms in total. The van der Waals surface area contributed by atoms with Crippen LogP contribution in [0.2, 0.25) is 0 Å². The van der Waals surface area contributed by atoms with E-state index in [0.717, 1.165) is 0 Å². The smallest absolute Gasteiger partial charge is 0.416 e. The Labute approximate surface area is 429 Å². The van der Waals surface area contributed by atoms with E-state index < -0.39 is 206 Å². The van der Waals surface area contributed by atoms with Crippen molar-refractivity contribution in [2.75, 3.05) is 0 Å². The van der Waals surface area contributed by atoms with Crippen LogP contribution >= 0.6 is 0 Å². The maximum Gasteiger partial charge on any atom is 0.416 e. The molecule has 0 N–H and O–H groups in total. The van der Waals surface area contributed by atoms with Crippen molar-refractivity contribution in [1.82, 2.24) is 0 Å². The van der Waals surface area contributed by atoms with Crippen LogP contribution in [0, 0.1) is 0 Å². The van der Waals surface area contributed by atoms with Gasteiger partial charge in [-0.15, -0.1) is 0 Å². The van der Waals surface area contributed by atoms with E-state index in [9.17, 15) is 115 Å². The van der Waals surface area contributed by atoms with Gasteiger partial charge in [-0.25, -0.2) is 4.79 Å². The van der Waals surface area contributed by atoms with Crippen molar-refractivity contribution in [1.29, 1.82) is 0 Å². The van der Waals surface area contributed by atoms with E-state index in [1.54, 1.807) is 41.1 Å². The molecule has 79 heavy (non-hydrogen) atoms. The molecule has 0 fully saturated rings. The van der Waals surface area contributed by atoms with E-state index in [1.807, 2.05) is 39.0 Å². The number of rotatable bonds is 8. The van der Waals surface area contributed by atoms with Crippen molar-refractivity contribution in [2.45, 2.75) is 82.3 Å². The van der Waals surface area contributed by atoms with E-state index in [1.165, 1.54) is 0 Å². The first kappa shape index (κ1) is 62.6. The van der Waals surface area contributed by atoms with Crippen LogP contribution in [0.4, 0.5) is 105 Å². The summed E-state index contributed by atoms with van der Waals surface area (Å²) in [6.45, 7) is 5.54. The first-order chi connectivity index (χ1) is 35.6. The second-order valence-corrected chi connectivity index (χ2v) is 18.2. The molecule has 0 saturated carbocycles. The number of pyridine rings is 1. The Kier molecular flexibility index (Phi) is 17.0. The van der Waals surface area contributed by atoms with Gasteiger partial charge in [0.25, 0.3) is 5.69 Å². The molecule has 0 bridgehead atoms. The molecule has 6 rings (SSSR count). The number of ketones is 1. The van der Waals surface area contributed by atoms with Gasteiger partial charge in [0.05, 0.1) is 44.5 Å². The number of benzene rings is 5. The van der Waals surface area contributed by atoms with E-state index in [0.29, 0.717) is 11.3 Å². The minimum Gasteiger partial charge on any atom is -0.452 e. The summed E-state index contributed by atoms with van der Waals surface area (Å²) in [4.78, 5) is 24.5. The molecule has 0 saturated heterocycles. The lowest BCUT2D eigenvalue weighted by Crippen LogP contribution is -2.75. The number of ether oxygens (including phenoxy) is 1. The lowest BCUT2D eigenvalue weighted by atomic mass is 9.12. The number of hydrogen-bond acceptors (Lipinski definition) is 3. The van der Waals surface area contributed by atoms with Crippen molar-refractivity contribution in [3.8, 4) is 0 Å². The molecular weight excluding hydrogens is 1130 g/mol. The average Bonchev–Trinajstić information content (AvgIpc) is 3.34. The lowest BCUT2D eigenvalue weighted by molar-refractivity contribution is -0.685. The van der Waals surface area contributed by atoms with E-state index in [2.05, 4.69) is 0 Å². The van der Waals surface area contributed by atoms with Gasteiger partial charge in [-0.05, 0) is 51.1 Å². The molecule has 0 aliphatic rings. The molecule has 0 radical (unpaired) electrons. The Morgan fingerprint density at radius 1 is 0.380 bits per heavy atom. The fourth-order valence-corrected chi connectivity index (χ4v) is 8.07. The van der Waals surface area contributed by atoms with Crippen molar-refractivity contribution in [3.63, 3.8) is 0 Å². The molecule has 1 aromatic heterocycles. The quantitative estimate of drug-likeness (QED) is 0.0502. The summed E-state index contributed by atoms with van der Waals surface area (Å²) in [5.41, 5.74) is -29.8. The average molecular weight is 1160 g/mol. The minimum absolute atomic E-state index is 0.0541. The first-order valence-corrected chi connectivity index (χ1v) is 21.8. The zero-order chi connectivity index (χ0) is 60.1. The van der Waals surface area contributed by atoms with Gasteiger partial charge in [-0.3, -0.25) is 4.79 Å². The number of halogens is 24. The molecule has 6 aromatic rings. The van der Waals surface area contributed by atoms with Crippen LogP contribution in [0.25, 0.3) is 0 Å². The van der Waals surface area contributed by atoms with Crippen LogP contribution in [-0.2, 0) is 60.7 Å². The van der Waals surface area contributed by atoms with Crippen LogP contribution < -0.4 is 26.4 Å². The molecule has 0 aliphatic heterocycles. The number of Topliss-reactive ketones (excluding diaryl/α,β-unsaturated/α-hetero) is 1. The van der Waals surface area contributed by atoms with Crippen LogP contribution in [0.1, 0.15) is 86.1 Å². The third kappa shape index (κ3) is 15.1. The zero-order valence-corrected chi connectivity index (χ0v) is 39.7. The summed E-state index contributed by atoms with van der Waals surface area (Å²) < 4.78 is 348. The van der Waals surface area contributed by atoms with Gasteiger partial charge in [0.15, 0.2) is 6.20 Å². The lowest BCUT2D eigenvalue weighted by Gasteiger charge is -2.46. The predicted octanol–water partition coefficient (Wildman–Crippen LogP) is 14.0. The van der Waals surface area contributed by atoms with Crippen LogP contribution in [0.3, 0.4) is 0 Å². The molecule has 0 atom stereocenters. The third-order valence-electron chi connectivity index (χ3n) is 11.4. The molecule has 1 heterocycles. The summed E-state index contributed by atoms with van der Waals surface area (Å²) in [6, 6.07) is 5.41. The largest absolute Gasteiger partial charge is 0.452 e. The van der Waals surface area contributed by atoms with Crippen LogP contribution in [0.15, 0.2) is 128 Å². The Morgan fingerprint density at radius 3 is 0.873 bits per heavy atom. The van der Waals surface area contributed by atoms with Gasteiger partial charge in [0, 0.05) is 17.7 Å². The highest BCUT2D eigenvalue weighted by Crippen LogP contribution is 2.41. The highest BCUT2D eigenvalue weighted by Gasteiger charge is 2.47. The minimum atomic E-state index is -6.13. The molecule has 29 heteroatoms. The number of carbonyl (C=O) groups is 2. The Bertz CT molecular complexity index is 2760. The van der Waals surface area contributed by atoms with E-state index in [-0.39, 0.29) is 12.3 Å². The van der Waals surface area contributed by atoms with Gasteiger partial charge < -0.3 is 4.74 Å². The standard InChI is InChI=1S/C32H12BF24.C18H20NO3/c34-25(35,36)13-1-14(26(37,38)39)6-21(5-13)33(22-7-15(27(40,41)42)2-16(8-22)28(43,44)45,23-9-17(29(46,47)48)3-18(10-23)30(49,50)51)24-11-19(31(52,53)54)4-20(12-24)32(55,56)57;1-18(2,3)22-17(21)15-11-7-8-12-19(15)13-16(20)14-9-5-4-6-10-14/h1-12H;4-12H,13H2,1-3H3/q-1;+1. The number of aromatic nitrogens is 1. The Balaban J connectivity index is 0.000000433. The number of carbonyl (C=O) groups excluding carboxylic acids is 2. The normalized spacial score (nSPS) is 13.4. The SMILES string of the molecule is CC(C)(C)OC(=O)c1cccc[n+]1CC(=O)c1ccccc1.FC(F)(F)c1cc([B-](c2cc(C(F)(F)F)cc(C(F)(F)F)c2)(c2cc(C(F)(F)F)cc(C(F)(F)F)c2)c2cc(C(F)(F)F)cc(C(F)(F)F)c2)cc(C(F)(F)F)c1. The predicted molar refractivity (Wildman–Crippen MR) is 233 cm³/mol. The zero-order valence-electron chi connectivity index (χ0n) is 39.7. The van der Waals surface area contributed by atoms with Crippen molar-refractivity contribution in [2.24, 2.45) is 0 Å². The van der Waals surface area contributed by atoms with Crippen molar-refractivity contribution < 1.29 is 124 Å². The summed E-state index contributed by atoms with van der Waals surface area (Å²) >= 11 is 0. The summed E-state index contributed by atoms with van der Waals surface area (Å²) in [6.07, 6.45) is -53.1. The fraction of sp³-hybridized carbons (Fsp3) is 0.260. The molecule has 0 amide bonds. The van der Waals surface area contributed by atoms with Crippen LogP contribution in [0.5, 0.6) is 0 Å². The van der Waals surface area contributed by atoms with Crippen molar-refractivity contribution >= 4 is 39.7 Å². The third-order valence-corrected chi connectivity index (χ3v) is 11.4. The maximum atomic E-state index is 14.2. The number of esters is 1. The maximum absolute atomic E-state index is 14.2. The number of alkyl halides is 24. The van der Waals surface area contributed by atoms with Gasteiger partial charge in [0.1, 0.15) is 11.7 Å². The first-order valence-electron chi connectivity index (χ1n) is 21.8. The van der Waals surface area contributed by atoms with E-state index >= 15 is 0 Å². The molecule has 426 valence electrons. The van der Waals surface area contributed by atoms with Gasteiger partial charge in [0.2, 0.25) is 12.3 Å². The molecule has 0 unspecified atom stereocenters. The highest BCUT2D eigenvalue weighted by molar-refractivity contribution is 7.20. The van der Waals surface area contributed by atoms with Gasteiger partial charge >= 0.3 is 55.4 Å². The molecule has 0 spiro atoms. The highest BCUT2D eigenvalue weighted by atomic mass is 19.4. The van der Waals surface area contributed by atoms with E-state index in [4.69, 9.17) is 4.74 Å². The second-order valence-electron chi connectivity index (χ2n) is 18.2. The fourth-order valence-electron chi connectivity index (χ4n) is 8.07. The monoisotopic (exact) mass is 1160 g/mol.